The highest BCUT2D eigenvalue weighted by Gasteiger charge is 2.06. The summed E-state index contributed by atoms with van der Waals surface area (Å²) in [7, 11) is 0. The van der Waals surface area contributed by atoms with Gasteiger partial charge in [0.1, 0.15) is 0 Å². The van der Waals surface area contributed by atoms with Gasteiger partial charge < -0.3 is 10.4 Å². The Bertz CT molecular complexity index is 247. The Morgan fingerprint density at radius 1 is 1.69 bits per heavy atom. The van der Waals surface area contributed by atoms with Gasteiger partial charge in [-0.15, -0.1) is 0 Å². The van der Waals surface area contributed by atoms with Gasteiger partial charge in [0.25, 0.3) is 0 Å². The number of likely N-dealkylation sites (N-methyl/N-ethyl adjacent to an activating group) is 1. The largest absolute Gasteiger partial charge is 0.395 e. The zero-order valence-corrected chi connectivity index (χ0v) is 8.20. The quantitative estimate of drug-likeness (QED) is 0.684. The van der Waals surface area contributed by atoms with Crippen molar-refractivity contribution in [1.82, 2.24) is 15.1 Å². The Labute approximate surface area is 78.6 Å². The highest BCUT2D eigenvalue weighted by atomic mass is 16.3. The molecule has 0 aromatic carbocycles. The minimum Gasteiger partial charge on any atom is -0.395 e. The molecule has 1 unspecified atom stereocenters. The molecule has 4 nitrogen and oxygen atoms in total. The fourth-order valence-electron chi connectivity index (χ4n) is 1.27. The Morgan fingerprint density at radius 2 is 2.46 bits per heavy atom. The number of aryl methyl sites for hydroxylation is 1. The van der Waals surface area contributed by atoms with Crippen molar-refractivity contribution in [3.05, 3.63) is 18.0 Å². The summed E-state index contributed by atoms with van der Waals surface area (Å²) >= 11 is 0. The lowest BCUT2D eigenvalue weighted by Crippen LogP contribution is -2.36. The van der Waals surface area contributed by atoms with Gasteiger partial charge in [-0.3, -0.25) is 4.68 Å². The Kier molecular flexibility index (Phi) is 3.92. The third-order valence-corrected chi connectivity index (χ3v) is 1.88. The van der Waals surface area contributed by atoms with Gasteiger partial charge in [0.05, 0.1) is 19.3 Å². The summed E-state index contributed by atoms with van der Waals surface area (Å²) in [6.45, 7) is 5.76. The van der Waals surface area contributed by atoms with Gasteiger partial charge in [0, 0.05) is 12.2 Å². The fraction of sp³-hybridized carbons (Fsp3) is 0.667. The number of nitrogens with one attached hydrogen (secondary N) is 1. The highest BCUT2D eigenvalue weighted by molar-refractivity contribution is 4.99. The van der Waals surface area contributed by atoms with Crippen LogP contribution in [0.2, 0.25) is 0 Å². The second-order valence-corrected chi connectivity index (χ2v) is 3.18. The molecule has 0 aliphatic rings. The monoisotopic (exact) mass is 183 g/mol. The summed E-state index contributed by atoms with van der Waals surface area (Å²) in [4.78, 5) is 0. The average molecular weight is 183 g/mol. The highest BCUT2D eigenvalue weighted by Crippen LogP contribution is 1.96. The van der Waals surface area contributed by atoms with Crippen molar-refractivity contribution >= 4 is 0 Å². The van der Waals surface area contributed by atoms with Crippen molar-refractivity contribution in [1.29, 1.82) is 0 Å². The maximum Gasteiger partial charge on any atom is 0.0602 e. The molecular weight excluding hydrogens is 166 g/mol. The van der Waals surface area contributed by atoms with Crippen LogP contribution in [0, 0.1) is 6.92 Å². The molecule has 13 heavy (non-hydrogen) atoms. The second-order valence-electron chi connectivity index (χ2n) is 3.18. The normalized spacial score (nSPS) is 13.2. The van der Waals surface area contributed by atoms with Crippen LogP contribution in [0.4, 0.5) is 0 Å². The van der Waals surface area contributed by atoms with E-state index in [1.807, 2.05) is 30.9 Å². The molecule has 1 heterocycles. The predicted octanol–water partition coefficient (Wildman–Crippen LogP) is 0.162. The Hall–Kier alpha value is -0.870. The number of hydrogen-bond donors (Lipinski definition) is 2. The van der Waals surface area contributed by atoms with Crippen LogP contribution in [0.1, 0.15) is 12.5 Å². The van der Waals surface area contributed by atoms with Crippen LogP contribution in [0.3, 0.4) is 0 Å². The molecule has 0 saturated carbocycles. The number of aliphatic hydroxyl groups is 1. The van der Waals surface area contributed by atoms with Crippen molar-refractivity contribution in [2.75, 3.05) is 13.2 Å². The molecular formula is C9H17N3O. The lowest BCUT2D eigenvalue weighted by molar-refractivity contribution is 0.227. The van der Waals surface area contributed by atoms with Gasteiger partial charge in [0.15, 0.2) is 0 Å². The van der Waals surface area contributed by atoms with E-state index in [1.165, 1.54) is 0 Å². The van der Waals surface area contributed by atoms with Gasteiger partial charge >= 0.3 is 0 Å². The molecule has 0 fully saturated rings. The number of aromatic nitrogens is 2. The van der Waals surface area contributed by atoms with Crippen molar-refractivity contribution in [2.45, 2.75) is 26.4 Å². The van der Waals surface area contributed by atoms with E-state index in [1.54, 1.807) is 0 Å². The van der Waals surface area contributed by atoms with Crippen molar-refractivity contribution in [2.24, 2.45) is 0 Å². The van der Waals surface area contributed by atoms with E-state index in [2.05, 4.69) is 10.4 Å². The Balaban J connectivity index is 2.46. The number of aliphatic hydroxyl groups excluding tert-OH is 1. The standard InChI is InChI=1S/C9H17N3O/c1-3-10-9(7-13)6-12-5-8(2)4-11-12/h4-5,9-10,13H,3,6-7H2,1-2H3. The first-order valence-electron chi connectivity index (χ1n) is 4.59. The molecule has 2 N–H and O–H groups in total. The van der Waals surface area contributed by atoms with Gasteiger partial charge in [-0.05, 0) is 19.0 Å². The molecule has 1 rings (SSSR count). The molecule has 1 aromatic rings. The molecule has 0 bridgehead atoms. The zero-order chi connectivity index (χ0) is 9.68. The molecule has 0 amide bonds. The smallest absolute Gasteiger partial charge is 0.0602 e. The summed E-state index contributed by atoms with van der Waals surface area (Å²) in [5.74, 6) is 0. The maximum absolute atomic E-state index is 9.02. The van der Waals surface area contributed by atoms with E-state index in [0.29, 0.717) is 0 Å². The van der Waals surface area contributed by atoms with Crippen LogP contribution in [0.25, 0.3) is 0 Å². The molecule has 74 valence electrons. The summed E-state index contributed by atoms with van der Waals surface area (Å²) in [5.41, 5.74) is 1.15. The summed E-state index contributed by atoms with van der Waals surface area (Å²) in [6.07, 6.45) is 3.79. The second kappa shape index (κ2) is 4.99. The third kappa shape index (κ3) is 3.16. The fourth-order valence-corrected chi connectivity index (χ4v) is 1.27. The first kappa shape index (κ1) is 10.2. The first-order valence-corrected chi connectivity index (χ1v) is 4.59. The third-order valence-electron chi connectivity index (χ3n) is 1.88. The van der Waals surface area contributed by atoms with Gasteiger partial charge in [-0.25, -0.2) is 0 Å². The van der Waals surface area contributed by atoms with Gasteiger partial charge in [-0.2, -0.15) is 5.10 Å². The Morgan fingerprint density at radius 3 is 2.92 bits per heavy atom. The molecule has 0 radical (unpaired) electrons. The molecule has 1 atom stereocenters. The van der Waals surface area contributed by atoms with E-state index in [0.717, 1.165) is 18.7 Å². The van der Waals surface area contributed by atoms with Crippen molar-refractivity contribution in [3.63, 3.8) is 0 Å². The summed E-state index contributed by atoms with van der Waals surface area (Å²) in [6, 6.07) is 0.101. The van der Waals surface area contributed by atoms with Crippen LogP contribution >= 0.6 is 0 Å². The van der Waals surface area contributed by atoms with E-state index in [4.69, 9.17) is 5.11 Å². The number of nitrogens with zero attached hydrogens (tertiary/aromatic N) is 2. The van der Waals surface area contributed by atoms with Crippen LogP contribution in [0.15, 0.2) is 12.4 Å². The minimum atomic E-state index is 0.101. The average Bonchev–Trinajstić information content (AvgIpc) is 2.50. The maximum atomic E-state index is 9.02. The molecule has 0 aliphatic heterocycles. The van der Waals surface area contributed by atoms with E-state index in [-0.39, 0.29) is 12.6 Å². The van der Waals surface area contributed by atoms with Crippen LogP contribution in [0.5, 0.6) is 0 Å². The first-order chi connectivity index (χ1) is 6.26. The zero-order valence-electron chi connectivity index (χ0n) is 8.20. The van der Waals surface area contributed by atoms with Crippen molar-refractivity contribution < 1.29 is 5.11 Å². The summed E-state index contributed by atoms with van der Waals surface area (Å²) < 4.78 is 1.85. The minimum absolute atomic E-state index is 0.101. The van der Waals surface area contributed by atoms with Gasteiger partial charge in [-0.1, -0.05) is 6.92 Å². The molecule has 1 aromatic heterocycles. The number of hydrogen-bond acceptors (Lipinski definition) is 3. The lowest BCUT2D eigenvalue weighted by atomic mass is 10.3. The topological polar surface area (TPSA) is 50.1 Å². The molecule has 0 spiro atoms. The predicted molar refractivity (Wildman–Crippen MR) is 51.5 cm³/mol. The van der Waals surface area contributed by atoms with E-state index in [9.17, 15) is 0 Å². The van der Waals surface area contributed by atoms with E-state index >= 15 is 0 Å². The van der Waals surface area contributed by atoms with Crippen LogP contribution < -0.4 is 5.32 Å². The van der Waals surface area contributed by atoms with Crippen LogP contribution in [-0.4, -0.2) is 34.1 Å². The van der Waals surface area contributed by atoms with Crippen molar-refractivity contribution in [3.8, 4) is 0 Å². The van der Waals surface area contributed by atoms with Gasteiger partial charge in [0.2, 0.25) is 0 Å². The molecule has 4 heteroatoms. The van der Waals surface area contributed by atoms with E-state index < -0.39 is 0 Å². The number of rotatable bonds is 5. The SMILES string of the molecule is CCNC(CO)Cn1cc(C)cn1. The summed E-state index contributed by atoms with van der Waals surface area (Å²) in [5, 5.41) is 16.4. The lowest BCUT2D eigenvalue weighted by Gasteiger charge is -2.14. The molecule has 0 aliphatic carbocycles. The van der Waals surface area contributed by atoms with Crippen LogP contribution in [-0.2, 0) is 6.54 Å². The molecule has 0 saturated heterocycles.